The minimum absolute atomic E-state index is 0.0681. The number of benzene rings is 1. The maximum Gasteiger partial charge on any atom is 0.314 e. The molecule has 0 fully saturated rings. The van der Waals surface area contributed by atoms with Crippen LogP contribution in [0.3, 0.4) is 0 Å². The lowest BCUT2D eigenvalue weighted by Crippen LogP contribution is -2.13. The van der Waals surface area contributed by atoms with Crippen LogP contribution in [-0.2, 0) is 20.7 Å². The van der Waals surface area contributed by atoms with E-state index in [-0.39, 0.29) is 18.7 Å². The van der Waals surface area contributed by atoms with Crippen molar-refractivity contribution in [3.8, 4) is 0 Å². The highest BCUT2D eigenvalue weighted by molar-refractivity contribution is 6.18. The number of esters is 2. The molecule has 0 heterocycles. The van der Waals surface area contributed by atoms with E-state index in [4.69, 9.17) is 11.6 Å². The Morgan fingerprint density at radius 3 is 2.31 bits per heavy atom. The first-order chi connectivity index (χ1) is 7.72. The molecule has 0 N–H and O–H groups in total. The lowest BCUT2D eigenvalue weighted by atomic mass is 10.1. The van der Waals surface area contributed by atoms with Gasteiger partial charge in [-0.1, -0.05) is 30.3 Å². The molecule has 0 atom stereocenters. The Hall–Kier alpha value is -1.35. The van der Waals surface area contributed by atoms with Crippen LogP contribution in [0.2, 0.25) is 0 Å². The molecule has 4 heteroatoms. The monoisotopic (exact) mass is 240 g/mol. The van der Waals surface area contributed by atoms with Gasteiger partial charge in [-0.3, -0.25) is 9.59 Å². The van der Waals surface area contributed by atoms with Gasteiger partial charge in [-0.2, -0.15) is 0 Å². The fourth-order valence-corrected chi connectivity index (χ4v) is 1.35. The van der Waals surface area contributed by atoms with Crippen LogP contribution in [0.4, 0.5) is 0 Å². The van der Waals surface area contributed by atoms with Crippen molar-refractivity contribution in [1.82, 2.24) is 0 Å². The predicted octanol–water partition coefficient (Wildman–Crippen LogP) is 2.32. The molecule has 0 unspecified atom stereocenters. The molecule has 0 aliphatic heterocycles. The lowest BCUT2D eigenvalue weighted by Gasteiger charge is -2.02. The molecule has 1 aromatic rings. The van der Waals surface area contributed by atoms with Gasteiger partial charge >= 0.3 is 11.9 Å². The summed E-state index contributed by atoms with van der Waals surface area (Å²) in [7, 11) is 0. The van der Waals surface area contributed by atoms with E-state index in [2.05, 4.69) is 4.74 Å². The van der Waals surface area contributed by atoms with E-state index in [0.717, 1.165) is 5.56 Å². The Morgan fingerprint density at radius 1 is 1.06 bits per heavy atom. The normalized spacial score (nSPS) is 9.81. The quantitative estimate of drug-likeness (QED) is 0.451. The average molecular weight is 241 g/mol. The summed E-state index contributed by atoms with van der Waals surface area (Å²) in [5.41, 5.74) is 1.05. The number of halogens is 1. The van der Waals surface area contributed by atoms with Crippen molar-refractivity contribution in [1.29, 1.82) is 0 Å². The first-order valence-corrected chi connectivity index (χ1v) is 5.59. The SMILES string of the molecule is O=C(CCCl)OC(=O)CCc1ccccc1. The van der Waals surface area contributed by atoms with E-state index in [0.29, 0.717) is 6.42 Å². The van der Waals surface area contributed by atoms with Crippen molar-refractivity contribution >= 4 is 23.5 Å². The topological polar surface area (TPSA) is 43.4 Å². The minimum Gasteiger partial charge on any atom is -0.393 e. The van der Waals surface area contributed by atoms with Crippen LogP contribution in [0.5, 0.6) is 0 Å². The summed E-state index contributed by atoms with van der Waals surface area (Å²) in [6, 6.07) is 9.56. The van der Waals surface area contributed by atoms with Gasteiger partial charge in [0.1, 0.15) is 0 Å². The van der Waals surface area contributed by atoms with E-state index in [1.807, 2.05) is 30.3 Å². The van der Waals surface area contributed by atoms with Crippen LogP contribution in [-0.4, -0.2) is 17.8 Å². The second-order valence-electron chi connectivity index (χ2n) is 3.27. The molecule has 0 radical (unpaired) electrons. The Bertz CT molecular complexity index is 349. The maximum atomic E-state index is 11.2. The van der Waals surface area contributed by atoms with Crippen LogP contribution in [0.1, 0.15) is 18.4 Å². The van der Waals surface area contributed by atoms with E-state index < -0.39 is 11.9 Å². The van der Waals surface area contributed by atoms with Gasteiger partial charge in [0.05, 0.1) is 12.8 Å². The van der Waals surface area contributed by atoms with Gasteiger partial charge in [0.15, 0.2) is 0 Å². The molecule has 86 valence electrons. The zero-order chi connectivity index (χ0) is 11.8. The van der Waals surface area contributed by atoms with Crippen molar-refractivity contribution in [3.05, 3.63) is 35.9 Å². The highest BCUT2D eigenvalue weighted by Crippen LogP contribution is 2.03. The smallest absolute Gasteiger partial charge is 0.314 e. The Morgan fingerprint density at radius 2 is 1.69 bits per heavy atom. The largest absolute Gasteiger partial charge is 0.393 e. The molecule has 16 heavy (non-hydrogen) atoms. The highest BCUT2D eigenvalue weighted by Gasteiger charge is 2.09. The number of carbonyl (C=O) groups excluding carboxylic acids is 2. The van der Waals surface area contributed by atoms with E-state index in [1.165, 1.54) is 0 Å². The molecular formula is C12H13ClO3. The predicted molar refractivity (Wildman–Crippen MR) is 61.2 cm³/mol. The fourth-order valence-electron chi connectivity index (χ4n) is 1.20. The molecule has 1 rings (SSSR count). The third-order valence-corrected chi connectivity index (χ3v) is 2.18. The second-order valence-corrected chi connectivity index (χ2v) is 3.65. The Kier molecular flexibility index (Phi) is 5.57. The molecule has 0 bridgehead atoms. The van der Waals surface area contributed by atoms with Crippen LogP contribution in [0.15, 0.2) is 30.3 Å². The average Bonchev–Trinajstić information content (AvgIpc) is 2.28. The number of hydrogen-bond donors (Lipinski definition) is 0. The zero-order valence-corrected chi connectivity index (χ0v) is 9.57. The molecule has 0 saturated heterocycles. The summed E-state index contributed by atoms with van der Waals surface area (Å²) < 4.78 is 4.55. The number of rotatable bonds is 5. The first kappa shape index (κ1) is 12.7. The molecule has 0 aromatic heterocycles. The van der Waals surface area contributed by atoms with Crippen LogP contribution in [0.25, 0.3) is 0 Å². The van der Waals surface area contributed by atoms with Crippen molar-refractivity contribution in [2.24, 2.45) is 0 Å². The van der Waals surface area contributed by atoms with Crippen LogP contribution in [0, 0.1) is 0 Å². The van der Waals surface area contributed by atoms with E-state index in [9.17, 15) is 9.59 Å². The number of alkyl halides is 1. The molecule has 0 saturated carbocycles. The van der Waals surface area contributed by atoms with Gasteiger partial charge in [0.25, 0.3) is 0 Å². The number of hydrogen-bond acceptors (Lipinski definition) is 3. The Labute approximate surface area is 99.4 Å². The maximum absolute atomic E-state index is 11.2. The van der Waals surface area contributed by atoms with Gasteiger partial charge in [0.2, 0.25) is 0 Å². The number of carbonyl (C=O) groups is 2. The van der Waals surface area contributed by atoms with Crippen molar-refractivity contribution in [2.45, 2.75) is 19.3 Å². The summed E-state index contributed by atoms with van der Waals surface area (Å²) in [4.78, 5) is 22.2. The van der Waals surface area contributed by atoms with Gasteiger partial charge < -0.3 is 4.74 Å². The number of aryl methyl sites for hydroxylation is 1. The molecular weight excluding hydrogens is 228 g/mol. The molecule has 1 aromatic carbocycles. The van der Waals surface area contributed by atoms with Crippen molar-refractivity contribution in [2.75, 3.05) is 5.88 Å². The Balaban J connectivity index is 2.28. The highest BCUT2D eigenvalue weighted by atomic mass is 35.5. The molecule has 0 aliphatic carbocycles. The third kappa shape index (κ3) is 4.94. The summed E-state index contributed by atoms with van der Waals surface area (Å²) in [5, 5.41) is 0. The zero-order valence-electron chi connectivity index (χ0n) is 8.82. The summed E-state index contributed by atoms with van der Waals surface area (Å²) in [6.07, 6.45) is 0.852. The number of ether oxygens (including phenoxy) is 1. The molecule has 0 amide bonds. The first-order valence-electron chi connectivity index (χ1n) is 5.06. The summed E-state index contributed by atoms with van der Waals surface area (Å²) in [5.74, 6) is -0.892. The van der Waals surface area contributed by atoms with Crippen molar-refractivity contribution in [3.63, 3.8) is 0 Å². The lowest BCUT2D eigenvalue weighted by molar-refractivity contribution is -0.159. The summed E-state index contributed by atoms with van der Waals surface area (Å²) in [6.45, 7) is 0. The van der Waals surface area contributed by atoms with E-state index in [1.54, 1.807) is 0 Å². The van der Waals surface area contributed by atoms with E-state index >= 15 is 0 Å². The summed E-state index contributed by atoms with van der Waals surface area (Å²) >= 11 is 5.34. The van der Waals surface area contributed by atoms with Gasteiger partial charge in [-0.15, -0.1) is 11.6 Å². The molecule has 3 nitrogen and oxygen atoms in total. The fraction of sp³-hybridized carbons (Fsp3) is 0.333. The molecule has 0 spiro atoms. The van der Waals surface area contributed by atoms with Crippen molar-refractivity contribution < 1.29 is 14.3 Å². The van der Waals surface area contributed by atoms with Crippen LogP contribution < -0.4 is 0 Å². The standard InChI is InChI=1S/C12H13ClO3/c13-9-8-12(15)16-11(14)7-6-10-4-2-1-3-5-10/h1-5H,6-9H2. The third-order valence-electron chi connectivity index (χ3n) is 1.99. The molecule has 0 aliphatic rings. The van der Waals surface area contributed by atoms with Gasteiger partial charge in [0, 0.05) is 5.88 Å². The van der Waals surface area contributed by atoms with Gasteiger partial charge in [-0.05, 0) is 12.0 Å². The second kappa shape index (κ2) is 7.01. The minimum atomic E-state index is -0.562. The van der Waals surface area contributed by atoms with Gasteiger partial charge in [-0.25, -0.2) is 0 Å². The van der Waals surface area contributed by atoms with Crippen LogP contribution >= 0.6 is 11.6 Å².